The van der Waals surface area contributed by atoms with Crippen LogP contribution in [0.2, 0.25) is 0 Å². The lowest BCUT2D eigenvalue weighted by atomic mass is 9.82. The van der Waals surface area contributed by atoms with Gasteiger partial charge in [0.1, 0.15) is 5.69 Å². The van der Waals surface area contributed by atoms with E-state index in [1.807, 2.05) is 17.9 Å². The van der Waals surface area contributed by atoms with E-state index in [9.17, 15) is 4.79 Å². The number of nitrogens with zero attached hydrogens (tertiary/aromatic N) is 2. The number of anilines is 1. The molecular formula is C22H29N5O. The summed E-state index contributed by atoms with van der Waals surface area (Å²) in [5.74, 6) is 0.152. The molecule has 1 aliphatic rings. The van der Waals surface area contributed by atoms with Gasteiger partial charge in [-0.1, -0.05) is 19.9 Å². The van der Waals surface area contributed by atoms with Crippen LogP contribution in [0.3, 0.4) is 0 Å². The maximum atomic E-state index is 12.3. The number of hydrogen-bond acceptors (Lipinski definition) is 3. The van der Waals surface area contributed by atoms with Crippen LogP contribution in [-0.2, 0) is 17.6 Å². The van der Waals surface area contributed by atoms with Gasteiger partial charge in [-0.15, -0.1) is 0 Å². The summed E-state index contributed by atoms with van der Waals surface area (Å²) < 4.78 is 0. The van der Waals surface area contributed by atoms with Gasteiger partial charge in [0.05, 0.1) is 5.69 Å². The van der Waals surface area contributed by atoms with Gasteiger partial charge in [-0.3, -0.25) is 9.89 Å². The quantitative estimate of drug-likeness (QED) is 0.627. The first-order chi connectivity index (χ1) is 13.4. The summed E-state index contributed by atoms with van der Waals surface area (Å²) in [5, 5.41) is 8.89. The van der Waals surface area contributed by atoms with Crippen molar-refractivity contribution in [1.82, 2.24) is 15.2 Å². The minimum absolute atomic E-state index is 0.152. The zero-order chi connectivity index (χ0) is 19.9. The summed E-state index contributed by atoms with van der Waals surface area (Å²) in [6.07, 6.45) is 4.16. The smallest absolute Gasteiger partial charge is 0.226 e. The summed E-state index contributed by atoms with van der Waals surface area (Å²) >= 11 is 0. The number of nitrogens with one attached hydrogen (secondary N) is 2. The lowest BCUT2D eigenvalue weighted by Crippen LogP contribution is -2.41. The van der Waals surface area contributed by atoms with E-state index in [-0.39, 0.29) is 11.4 Å². The third-order valence-electron chi connectivity index (χ3n) is 5.70. The van der Waals surface area contributed by atoms with E-state index in [4.69, 9.17) is 5.73 Å². The number of aromatic amines is 2. The summed E-state index contributed by atoms with van der Waals surface area (Å²) in [6, 6.07) is 8.31. The molecule has 6 nitrogen and oxygen atoms in total. The van der Waals surface area contributed by atoms with Crippen LogP contribution in [0.15, 0.2) is 24.3 Å². The van der Waals surface area contributed by atoms with Crippen molar-refractivity contribution in [3.05, 3.63) is 35.5 Å². The summed E-state index contributed by atoms with van der Waals surface area (Å²) in [6.45, 7) is 6.83. The minimum Gasteiger partial charge on any atom is -0.353 e. The fraction of sp³-hybridized carbons (Fsp3) is 0.455. The lowest BCUT2D eigenvalue weighted by Gasteiger charge is -2.28. The Morgan fingerprint density at radius 1 is 1.32 bits per heavy atom. The van der Waals surface area contributed by atoms with Gasteiger partial charge in [-0.25, -0.2) is 0 Å². The second kappa shape index (κ2) is 7.09. The van der Waals surface area contributed by atoms with Gasteiger partial charge in [0.15, 0.2) is 0 Å². The average molecular weight is 380 g/mol. The van der Waals surface area contributed by atoms with Crippen molar-refractivity contribution in [2.75, 3.05) is 11.4 Å². The number of aromatic nitrogens is 3. The molecule has 28 heavy (non-hydrogen) atoms. The average Bonchev–Trinajstić information content (AvgIpc) is 3.27. The van der Waals surface area contributed by atoms with Gasteiger partial charge in [0.2, 0.25) is 5.91 Å². The zero-order valence-electron chi connectivity index (χ0n) is 16.9. The summed E-state index contributed by atoms with van der Waals surface area (Å²) in [5.41, 5.74) is 12.5. The number of fused-ring (bicyclic) bond motifs is 2. The van der Waals surface area contributed by atoms with E-state index in [1.165, 1.54) is 5.56 Å². The molecule has 148 valence electrons. The fourth-order valence-corrected chi connectivity index (χ4v) is 4.17. The van der Waals surface area contributed by atoms with Gasteiger partial charge < -0.3 is 15.6 Å². The molecule has 4 N–H and O–H groups in total. The van der Waals surface area contributed by atoms with Crippen LogP contribution in [0.4, 0.5) is 5.69 Å². The van der Waals surface area contributed by atoms with Crippen LogP contribution < -0.4 is 10.6 Å². The molecule has 2 aromatic heterocycles. The van der Waals surface area contributed by atoms with Crippen LogP contribution in [0, 0.1) is 0 Å². The third-order valence-corrected chi connectivity index (χ3v) is 5.70. The molecule has 2 heterocycles. The van der Waals surface area contributed by atoms with Gasteiger partial charge in [-0.2, -0.15) is 5.10 Å². The maximum absolute atomic E-state index is 12.3. The normalized spacial score (nSPS) is 19.0. The number of carbonyl (C=O) groups excluding carboxylic acids is 1. The molecule has 0 saturated heterocycles. The first-order valence-corrected chi connectivity index (χ1v) is 10.2. The Morgan fingerprint density at radius 2 is 2.14 bits per heavy atom. The van der Waals surface area contributed by atoms with E-state index in [2.05, 4.69) is 47.2 Å². The molecule has 4 rings (SSSR count). The Labute approximate surface area is 165 Å². The monoisotopic (exact) mass is 379 g/mol. The van der Waals surface area contributed by atoms with E-state index in [0.717, 1.165) is 65.9 Å². The topological polar surface area (TPSA) is 90.8 Å². The summed E-state index contributed by atoms with van der Waals surface area (Å²) in [7, 11) is 0. The molecule has 1 aromatic carbocycles. The number of benzene rings is 1. The molecular weight excluding hydrogens is 350 g/mol. The van der Waals surface area contributed by atoms with Crippen molar-refractivity contribution in [3.63, 3.8) is 0 Å². The highest BCUT2D eigenvalue weighted by molar-refractivity contribution is 5.96. The van der Waals surface area contributed by atoms with Crippen molar-refractivity contribution >= 4 is 22.5 Å². The zero-order valence-corrected chi connectivity index (χ0v) is 16.9. The molecule has 1 atom stereocenters. The molecule has 1 amide bonds. The molecule has 0 bridgehead atoms. The molecule has 0 aliphatic heterocycles. The summed E-state index contributed by atoms with van der Waals surface area (Å²) in [4.78, 5) is 17.7. The van der Waals surface area contributed by atoms with Gasteiger partial charge in [0, 0.05) is 52.8 Å². The molecule has 0 saturated carbocycles. The standard InChI is InChI=1S/C22H29N5O/c1-4-10-27(20(28)5-2)15-7-6-14-11-18(24-17(14)12-15)21-16-8-9-22(3,23)13-19(16)25-26-21/h6-7,11-12,24H,4-5,8-10,13,23H2,1-3H3,(H,25,26). The lowest BCUT2D eigenvalue weighted by molar-refractivity contribution is -0.118. The number of nitrogens with two attached hydrogens (primary N) is 1. The minimum atomic E-state index is -0.166. The predicted octanol–water partition coefficient (Wildman–Crippen LogP) is 3.92. The Kier molecular flexibility index (Phi) is 4.75. The Bertz CT molecular complexity index is 1010. The molecule has 0 fully saturated rings. The first-order valence-electron chi connectivity index (χ1n) is 10.2. The van der Waals surface area contributed by atoms with Crippen LogP contribution in [0.5, 0.6) is 0 Å². The van der Waals surface area contributed by atoms with E-state index in [0.29, 0.717) is 6.42 Å². The number of carbonyl (C=O) groups is 1. The molecule has 6 heteroatoms. The highest BCUT2D eigenvalue weighted by Gasteiger charge is 2.30. The van der Waals surface area contributed by atoms with Gasteiger partial charge >= 0.3 is 0 Å². The highest BCUT2D eigenvalue weighted by Crippen LogP contribution is 2.34. The second-order valence-corrected chi connectivity index (χ2v) is 8.21. The van der Waals surface area contributed by atoms with Gasteiger partial charge in [0.25, 0.3) is 0 Å². The van der Waals surface area contributed by atoms with Crippen molar-refractivity contribution in [2.24, 2.45) is 5.73 Å². The molecule has 0 radical (unpaired) electrons. The first kappa shape index (κ1) is 18.7. The fourth-order valence-electron chi connectivity index (χ4n) is 4.17. The van der Waals surface area contributed by atoms with Crippen LogP contribution in [0.1, 0.15) is 51.3 Å². The SMILES string of the molecule is CCCN(C(=O)CC)c1ccc2cc(-c3n[nH]c4c3CCC(C)(N)C4)[nH]c2c1. The molecule has 1 unspecified atom stereocenters. The van der Waals surface area contributed by atoms with Crippen molar-refractivity contribution in [2.45, 2.75) is 58.4 Å². The Balaban J connectivity index is 1.70. The van der Waals surface area contributed by atoms with Crippen LogP contribution in [0.25, 0.3) is 22.3 Å². The molecule has 1 aliphatic carbocycles. The number of hydrogen-bond donors (Lipinski definition) is 3. The number of amides is 1. The van der Waals surface area contributed by atoms with E-state index in [1.54, 1.807) is 0 Å². The third kappa shape index (κ3) is 3.33. The Hall–Kier alpha value is -2.60. The van der Waals surface area contributed by atoms with E-state index < -0.39 is 0 Å². The maximum Gasteiger partial charge on any atom is 0.226 e. The highest BCUT2D eigenvalue weighted by atomic mass is 16.2. The van der Waals surface area contributed by atoms with Crippen molar-refractivity contribution in [3.8, 4) is 11.4 Å². The van der Waals surface area contributed by atoms with Crippen molar-refractivity contribution in [1.29, 1.82) is 0 Å². The molecule has 3 aromatic rings. The predicted molar refractivity (Wildman–Crippen MR) is 113 cm³/mol. The Morgan fingerprint density at radius 3 is 2.89 bits per heavy atom. The van der Waals surface area contributed by atoms with Crippen molar-refractivity contribution < 1.29 is 4.79 Å². The van der Waals surface area contributed by atoms with Crippen LogP contribution in [-0.4, -0.2) is 33.2 Å². The van der Waals surface area contributed by atoms with E-state index >= 15 is 0 Å². The second-order valence-electron chi connectivity index (χ2n) is 8.21. The number of H-pyrrole nitrogens is 2. The molecule has 0 spiro atoms. The largest absolute Gasteiger partial charge is 0.353 e. The number of rotatable bonds is 5. The van der Waals surface area contributed by atoms with Crippen LogP contribution >= 0.6 is 0 Å². The van der Waals surface area contributed by atoms with Gasteiger partial charge in [-0.05, 0) is 44.4 Å².